The molecule has 12 heteroatoms. The fraction of sp³-hybridized carbons (Fsp3) is 0.750. The van der Waals surface area contributed by atoms with Crippen molar-refractivity contribution in [3.63, 3.8) is 0 Å². The van der Waals surface area contributed by atoms with Crippen molar-refractivity contribution in [3.8, 4) is 0 Å². The molecule has 162 valence electrons. The quantitative estimate of drug-likeness (QED) is 0.116. The smallest absolute Gasteiger partial charge is 0.325 e. The average Bonchev–Trinajstić information content (AvgIpc) is 2.63. The highest BCUT2D eigenvalue weighted by Crippen LogP contribution is 2.03. The van der Waals surface area contributed by atoms with Crippen LogP contribution in [0.25, 0.3) is 0 Å². The molecule has 0 aliphatic carbocycles. The van der Waals surface area contributed by atoms with Crippen LogP contribution in [0.4, 0.5) is 0 Å². The second kappa shape index (κ2) is 13.3. The van der Waals surface area contributed by atoms with Crippen LogP contribution in [0.15, 0.2) is 0 Å². The van der Waals surface area contributed by atoms with Crippen molar-refractivity contribution < 1.29 is 29.4 Å². The van der Waals surface area contributed by atoms with E-state index in [0.29, 0.717) is 19.4 Å². The summed E-state index contributed by atoms with van der Waals surface area (Å²) in [5.74, 6) is -3.38. The number of carboxylic acids is 1. The van der Waals surface area contributed by atoms with Gasteiger partial charge in [0.1, 0.15) is 24.2 Å². The van der Waals surface area contributed by atoms with Crippen LogP contribution in [0.3, 0.4) is 0 Å². The minimum Gasteiger partial charge on any atom is -0.480 e. The van der Waals surface area contributed by atoms with Crippen molar-refractivity contribution in [1.82, 2.24) is 16.0 Å². The summed E-state index contributed by atoms with van der Waals surface area (Å²) < 4.78 is 0. The van der Waals surface area contributed by atoms with E-state index in [1.54, 1.807) is 0 Å². The predicted molar refractivity (Wildman–Crippen MR) is 106 cm³/mol. The lowest BCUT2D eigenvalue weighted by Crippen LogP contribution is -2.58. The van der Waals surface area contributed by atoms with Crippen molar-refractivity contribution in [3.05, 3.63) is 0 Å². The SMILES string of the molecule is CC(NC(=O)C(CCCCN)NC(=O)C(CS)NC(=O)C(N)C(C)O)C(=O)O. The number of carbonyl (C=O) groups excluding carboxylic acids is 3. The van der Waals surface area contributed by atoms with Gasteiger partial charge in [-0.15, -0.1) is 0 Å². The van der Waals surface area contributed by atoms with Gasteiger partial charge in [0.25, 0.3) is 0 Å². The predicted octanol–water partition coefficient (Wildman–Crippen LogP) is -2.69. The molecule has 0 aliphatic heterocycles. The van der Waals surface area contributed by atoms with Gasteiger partial charge in [0.2, 0.25) is 17.7 Å². The van der Waals surface area contributed by atoms with Gasteiger partial charge in [-0.3, -0.25) is 19.2 Å². The Balaban J connectivity index is 5.08. The molecule has 0 bridgehead atoms. The maximum absolute atomic E-state index is 12.5. The van der Waals surface area contributed by atoms with Crippen LogP contribution in [0, 0.1) is 0 Å². The zero-order chi connectivity index (χ0) is 21.9. The van der Waals surface area contributed by atoms with E-state index in [0.717, 1.165) is 0 Å². The molecule has 0 spiro atoms. The van der Waals surface area contributed by atoms with E-state index >= 15 is 0 Å². The summed E-state index contributed by atoms with van der Waals surface area (Å²) >= 11 is 4.02. The van der Waals surface area contributed by atoms with Gasteiger partial charge in [0, 0.05) is 5.75 Å². The van der Waals surface area contributed by atoms with Gasteiger partial charge in [-0.05, 0) is 39.7 Å². The van der Waals surface area contributed by atoms with Crippen LogP contribution < -0.4 is 27.4 Å². The zero-order valence-electron chi connectivity index (χ0n) is 16.1. The lowest BCUT2D eigenvalue weighted by molar-refractivity contribution is -0.141. The van der Waals surface area contributed by atoms with Crippen LogP contribution in [-0.4, -0.2) is 76.5 Å². The summed E-state index contributed by atoms with van der Waals surface area (Å²) in [7, 11) is 0. The largest absolute Gasteiger partial charge is 0.480 e. The lowest BCUT2D eigenvalue weighted by Gasteiger charge is -2.24. The summed E-state index contributed by atoms with van der Waals surface area (Å²) in [6, 6.07) is -4.46. The third-order valence-corrected chi connectivity index (χ3v) is 4.31. The normalized spacial score (nSPS) is 16.2. The summed E-state index contributed by atoms with van der Waals surface area (Å²) in [6.07, 6.45) is 0.267. The lowest BCUT2D eigenvalue weighted by atomic mass is 10.1. The van der Waals surface area contributed by atoms with Crippen LogP contribution in [0.2, 0.25) is 0 Å². The molecule has 9 N–H and O–H groups in total. The maximum atomic E-state index is 12.5. The summed E-state index contributed by atoms with van der Waals surface area (Å²) in [4.78, 5) is 47.7. The highest BCUT2D eigenvalue weighted by Gasteiger charge is 2.29. The Morgan fingerprint density at radius 1 is 0.964 bits per heavy atom. The second-order valence-electron chi connectivity index (χ2n) is 6.42. The number of aliphatic hydroxyl groups is 1. The minimum atomic E-state index is -1.23. The van der Waals surface area contributed by atoms with E-state index in [1.165, 1.54) is 13.8 Å². The Hall–Kier alpha value is -1.89. The topological polar surface area (TPSA) is 197 Å². The Morgan fingerprint density at radius 2 is 1.50 bits per heavy atom. The zero-order valence-corrected chi connectivity index (χ0v) is 16.9. The fourth-order valence-corrected chi connectivity index (χ4v) is 2.35. The first-order valence-electron chi connectivity index (χ1n) is 8.93. The van der Waals surface area contributed by atoms with E-state index in [2.05, 4.69) is 28.6 Å². The first-order valence-corrected chi connectivity index (χ1v) is 9.56. The molecule has 28 heavy (non-hydrogen) atoms. The van der Waals surface area contributed by atoms with Crippen molar-refractivity contribution in [1.29, 1.82) is 0 Å². The number of nitrogens with one attached hydrogen (secondary N) is 3. The molecule has 0 fully saturated rings. The van der Waals surface area contributed by atoms with Gasteiger partial charge in [-0.1, -0.05) is 0 Å². The van der Waals surface area contributed by atoms with Gasteiger partial charge in [0.15, 0.2) is 0 Å². The van der Waals surface area contributed by atoms with Crippen molar-refractivity contribution in [2.45, 2.75) is 63.4 Å². The van der Waals surface area contributed by atoms with E-state index < -0.39 is 54.0 Å². The molecule has 5 unspecified atom stereocenters. The number of aliphatic carboxylic acids is 1. The molecule has 0 saturated heterocycles. The number of unbranched alkanes of at least 4 members (excludes halogenated alkanes) is 1. The fourth-order valence-electron chi connectivity index (χ4n) is 2.09. The van der Waals surface area contributed by atoms with Gasteiger partial charge in [-0.25, -0.2) is 0 Å². The highest BCUT2D eigenvalue weighted by atomic mass is 32.1. The average molecular weight is 422 g/mol. The van der Waals surface area contributed by atoms with Crippen molar-refractivity contribution >= 4 is 36.3 Å². The molecule has 3 amide bonds. The van der Waals surface area contributed by atoms with Crippen LogP contribution >= 0.6 is 12.6 Å². The number of aliphatic hydroxyl groups excluding tert-OH is 1. The van der Waals surface area contributed by atoms with Crippen molar-refractivity contribution in [2.24, 2.45) is 11.5 Å². The summed E-state index contributed by atoms with van der Waals surface area (Å²) in [6.45, 7) is 3.04. The molecule has 0 heterocycles. The third kappa shape index (κ3) is 9.35. The molecule has 0 rings (SSSR count). The minimum absolute atomic E-state index is 0.0766. The number of carbonyl (C=O) groups is 4. The number of rotatable bonds is 13. The third-order valence-electron chi connectivity index (χ3n) is 3.95. The number of nitrogens with two attached hydrogens (primary N) is 2. The Morgan fingerprint density at radius 3 is 1.96 bits per heavy atom. The molecule has 0 radical (unpaired) electrons. The second-order valence-corrected chi connectivity index (χ2v) is 6.79. The molecule has 11 nitrogen and oxygen atoms in total. The van der Waals surface area contributed by atoms with Crippen molar-refractivity contribution in [2.75, 3.05) is 12.3 Å². The molecule has 0 aromatic carbocycles. The molecule has 0 saturated carbocycles. The number of hydrogen-bond donors (Lipinski definition) is 8. The van der Waals surface area contributed by atoms with E-state index in [9.17, 15) is 24.3 Å². The molecule has 5 atom stereocenters. The van der Waals surface area contributed by atoms with Gasteiger partial charge in [-0.2, -0.15) is 12.6 Å². The van der Waals surface area contributed by atoms with Gasteiger partial charge >= 0.3 is 5.97 Å². The number of amides is 3. The Bertz CT molecular complexity index is 548. The molecule has 0 aromatic rings. The Labute approximate surface area is 169 Å². The first-order chi connectivity index (χ1) is 13.0. The van der Waals surface area contributed by atoms with Crippen LogP contribution in [-0.2, 0) is 19.2 Å². The van der Waals surface area contributed by atoms with E-state index in [-0.39, 0.29) is 12.2 Å². The standard InChI is InChI=1S/C16H31N5O6S/c1-8(16(26)27)19-13(23)10(5-3-4-6-17)20-14(24)11(7-28)21-15(25)12(18)9(2)22/h8-12,22,28H,3-7,17-18H2,1-2H3,(H,19,23)(H,20,24)(H,21,25)(H,26,27). The number of hydrogen-bond acceptors (Lipinski definition) is 8. The monoisotopic (exact) mass is 421 g/mol. The molecule has 0 aliphatic rings. The number of carboxylic acid groups (broad SMARTS) is 1. The first kappa shape index (κ1) is 26.1. The van der Waals surface area contributed by atoms with Gasteiger partial charge in [0.05, 0.1) is 6.10 Å². The van der Waals surface area contributed by atoms with E-state index in [4.69, 9.17) is 16.6 Å². The summed E-state index contributed by atoms with van der Waals surface area (Å²) in [5.41, 5.74) is 11.0. The number of thiol groups is 1. The summed E-state index contributed by atoms with van der Waals surface area (Å²) in [5, 5.41) is 25.4. The van der Waals surface area contributed by atoms with E-state index in [1.807, 2.05) is 0 Å². The molecular weight excluding hydrogens is 390 g/mol. The molecular formula is C16H31N5O6S. The van der Waals surface area contributed by atoms with Crippen LogP contribution in [0.5, 0.6) is 0 Å². The van der Waals surface area contributed by atoms with Gasteiger partial charge < -0.3 is 37.6 Å². The molecule has 0 aromatic heterocycles. The Kier molecular flexibility index (Phi) is 12.4. The highest BCUT2D eigenvalue weighted by molar-refractivity contribution is 7.80. The maximum Gasteiger partial charge on any atom is 0.325 e. The van der Waals surface area contributed by atoms with Crippen LogP contribution in [0.1, 0.15) is 33.1 Å².